The van der Waals surface area contributed by atoms with Gasteiger partial charge in [0.25, 0.3) is 11.6 Å². The summed E-state index contributed by atoms with van der Waals surface area (Å²) in [7, 11) is 0. The predicted molar refractivity (Wildman–Crippen MR) is 121 cm³/mol. The first kappa shape index (κ1) is 23.2. The maximum absolute atomic E-state index is 14.5. The maximum Gasteiger partial charge on any atom is 0.270 e. The third-order valence-corrected chi connectivity index (χ3v) is 5.76. The van der Waals surface area contributed by atoms with Crippen molar-refractivity contribution in [2.45, 2.75) is 20.3 Å². The zero-order valence-corrected chi connectivity index (χ0v) is 18.3. The van der Waals surface area contributed by atoms with Crippen LogP contribution in [-0.2, 0) is 11.2 Å². The highest BCUT2D eigenvalue weighted by Crippen LogP contribution is 2.28. The first-order valence-electron chi connectivity index (χ1n) is 10.7. The van der Waals surface area contributed by atoms with Crippen molar-refractivity contribution >= 4 is 29.3 Å². The predicted octanol–water partition coefficient (Wildman–Crippen LogP) is 3.28. The smallest absolute Gasteiger partial charge is 0.270 e. The van der Waals surface area contributed by atoms with Crippen LogP contribution in [0.1, 0.15) is 29.8 Å². The Labute approximate surface area is 186 Å². The zero-order valence-electron chi connectivity index (χ0n) is 18.3. The molecule has 8 nitrogen and oxygen atoms in total. The number of amides is 1. The lowest BCUT2D eigenvalue weighted by atomic mass is 10.1. The van der Waals surface area contributed by atoms with Gasteiger partial charge in [0.2, 0.25) is 0 Å². The Morgan fingerprint density at radius 3 is 2.38 bits per heavy atom. The van der Waals surface area contributed by atoms with E-state index in [9.17, 15) is 24.1 Å². The largest absolute Gasteiger partial charge is 0.371 e. The molecular formula is C23H27FN4O4. The van der Waals surface area contributed by atoms with Gasteiger partial charge in [0.05, 0.1) is 21.9 Å². The van der Waals surface area contributed by atoms with E-state index in [0.29, 0.717) is 61.8 Å². The molecule has 1 aliphatic rings. The number of nitrogens with zero attached hydrogens (tertiary/aromatic N) is 4. The van der Waals surface area contributed by atoms with Crippen molar-refractivity contribution in [2.24, 2.45) is 0 Å². The summed E-state index contributed by atoms with van der Waals surface area (Å²) in [4.78, 5) is 40.2. The number of nitro benzene ring substituents is 1. The van der Waals surface area contributed by atoms with E-state index in [1.54, 1.807) is 23.1 Å². The lowest BCUT2D eigenvalue weighted by Crippen LogP contribution is -2.49. The van der Waals surface area contributed by atoms with Crippen molar-refractivity contribution in [1.29, 1.82) is 0 Å². The third-order valence-electron chi connectivity index (χ3n) is 5.76. The van der Waals surface area contributed by atoms with Gasteiger partial charge in [0, 0.05) is 57.8 Å². The van der Waals surface area contributed by atoms with Crippen LogP contribution in [0.3, 0.4) is 0 Å². The summed E-state index contributed by atoms with van der Waals surface area (Å²) in [5.41, 5.74) is 1.90. The Morgan fingerprint density at radius 1 is 1.12 bits per heavy atom. The van der Waals surface area contributed by atoms with E-state index < -0.39 is 10.7 Å². The minimum absolute atomic E-state index is 0.125. The van der Waals surface area contributed by atoms with Crippen LogP contribution in [0.5, 0.6) is 0 Å². The Balaban J connectivity index is 1.78. The van der Waals surface area contributed by atoms with Crippen LogP contribution in [-0.4, -0.2) is 61.3 Å². The number of aldehydes is 1. The van der Waals surface area contributed by atoms with Gasteiger partial charge in [0.1, 0.15) is 12.1 Å². The molecule has 1 amide bonds. The number of piperazine rings is 1. The average molecular weight is 442 g/mol. The third kappa shape index (κ3) is 4.87. The second-order valence-electron chi connectivity index (χ2n) is 7.57. The Kier molecular flexibility index (Phi) is 7.40. The summed E-state index contributed by atoms with van der Waals surface area (Å²) in [5.74, 6) is -0.663. The summed E-state index contributed by atoms with van der Waals surface area (Å²) in [6.45, 7) is 6.88. The number of carbonyl (C=O) groups is 2. The molecule has 32 heavy (non-hydrogen) atoms. The molecule has 3 rings (SSSR count). The molecule has 0 radical (unpaired) electrons. The Hall–Kier alpha value is -3.49. The number of carbonyl (C=O) groups excluding carboxylic acids is 2. The fourth-order valence-electron chi connectivity index (χ4n) is 4.00. The van der Waals surface area contributed by atoms with Crippen molar-refractivity contribution in [3.8, 4) is 0 Å². The lowest BCUT2D eigenvalue weighted by Gasteiger charge is -2.37. The molecule has 1 fully saturated rings. The van der Waals surface area contributed by atoms with Crippen molar-refractivity contribution in [1.82, 2.24) is 4.90 Å². The highest BCUT2D eigenvalue weighted by molar-refractivity contribution is 6.00. The van der Waals surface area contributed by atoms with Crippen LogP contribution < -0.4 is 9.80 Å². The molecule has 9 heteroatoms. The number of anilines is 2. The standard InChI is InChI=1S/C23H27FN4O4/c1-3-25(4-2)21-8-6-18(28(31)32)16-19(21)23(30)27-12-10-26(11-13-27)22-7-5-17(9-14-29)15-20(22)24/h5-8,14-16H,3-4,9-13H2,1-2H3. The second kappa shape index (κ2) is 10.2. The van der Waals surface area contributed by atoms with E-state index in [1.165, 1.54) is 18.2 Å². The molecular weight excluding hydrogens is 415 g/mol. The number of rotatable bonds is 8. The van der Waals surface area contributed by atoms with Gasteiger partial charge in [-0.15, -0.1) is 0 Å². The Bertz CT molecular complexity index is 1000. The maximum atomic E-state index is 14.5. The van der Waals surface area contributed by atoms with Crippen molar-refractivity contribution in [3.63, 3.8) is 0 Å². The quantitative estimate of drug-likeness (QED) is 0.354. The van der Waals surface area contributed by atoms with E-state index in [4.69, 9.17) is 0 Å². The van der Waals surface area contributed by atoms with Crippen molar-refractivity contribution < 1.29 is 18.9 Å². The van der Waals surface area contributed by atoms with E-state index >= 15 is 0 Å². The highest BCUT2D eigenvalue weighted by Gasteiger charge is 2.27. The Morgan fingerprint density at radius 2 is 1.81 bits per heavy atom. The van der Waals surface area contributed by atoms with Gasteiger partial charge in [-0.3, -0.25) is 14.9 Å². The molecule has 0 saturated carbocycles. The topological polar surface area (TPSA) is 87.0 Å². The number of benzene rings is 2. The van der Waals surface area contributed by atoms with Crippen LogP contribution in [0.2, 0.25) is 0 Å². The number of hydrogen-bond donors (Lipinski definition) is 0. The molecule has 0 aromatic heterocycles. The van der Waals surface area contributed by atoms with E-state index in [0.717, 1.165) is 6.29 Å². The normalized spacial score (nSPS) is 13.7. The van der Waals surface area contributed by atoms with Crippen LogP contribution in [0.4, 0.5) is 21.5 Å². The summed E-state index contributed by atoms with van der Waals surface area (Å²) in [6.07, 6.45) is 0.900. The number of non-ortho nitro benzene ring substituents is 1. The first-order valence-corrected chi connectivity index (χ1v) is 10.7. The van der Waals surface area contributed by atoms with Crippen molar-refractivity contribution in [2.75, 3.05) is 49.1 Å². The van der Waals surface area contributed by atoms with Crippen molar-refractivity contribution in [3.05, 3.63) is 63.5 Å². The fourth-order valence-corrected chi connectivity index (χ4v) is 4.00. The summed E-state index contributed by atoms with van der Waals surface area (Å²) >= 11 is 0. The molecule has 170 valence electrons. The van der Waals surface area contributed by atoms with Gasteiger partial charge >= 0.3 is 0 Å². The molecule has 2 aromatic carbocycles. The van der Waals surface area contributed by atoms with Gasteiger partial charge in [-0.25, -0.2) is 4.39 Å². The highest BCUT2D eigenvalue weighted by atomic mass is 19.1. The molecule has 1 aliphatic heterocycles. The molecule has 2 aromatic rings. The number of hydrogen-bond acceptors (Lipinski definition) is 6. The monoisotopic (exact) mass is 442 g/mol. The minimum atomic E-state index is -0.502. The van der Waals surface area contributed by atoms with E-state index in [-0.39, 0.29) is 18.0 Å². The molecule has 0 atom stereocenters. The molecule has 0 aliphatic carbocycles. The number of nitro groups is 1. The second-order valence-corrected chi connectivity index (χ2v) is 7.57. The molecule has 0 N–H and O–H groups in total. The SMILES string of the molecule is CCN(CC)c1ccc([N+](=O)[O-])cc1C(=O)N1CCN(c2ccc(CC=O)cc2F)CC1. The van der Waals surface area contributed by atoms with E-state index in [1.807, 2.05) is 23.6 Å². The summed E-state index contributed by atoms with van der Waals surface area (Å²) in [6, 6.07) is 9.13. The first-order chi connectivity index (χ1) is 15.4. The average Bonchev–Trinajstić information content (AvgIpc) is 2.80. The van der Waals surface area contributed by atoms with Gasteiger partial charge < -0.3 is 19.5 Å². The van der Waals surface area contributed by atoms with Gasteiger partial charge in [-0.2, -0.15) is 0 Å². The molecule has 1 heterocycles. The van der Waals surface area contributed by atoms with E-state index in [2.05, 4.69) is 0 Å². The van der Waals surface area contributed by atoms with Crippen LogP contribution in [0, 0.1) is 15.9 Å². The van der Waals surface area contributed by atoms with Crippen LogP contribution in [0.15, 0.2) is 36.4 Å². The fraction of sp³-hybridized carbons (Fsp3) is 0.391. The molecule has 1 saturated heterocycles. The van der Waals surface area contributed by atoms with Gasteiger partial charge in [0.15, 0.2) is 0 Å². The summed E-state index contributed by atoms with van der Waals surface area (Å²) < 4.78 is 14.5. The molecule has 0 spiro atoms. The molecule has 0 unspecified atom stereocenters. The van der Waals surface area contributed by atoms with Gasteiger partial charge in [-0.1, -0.05) is 6.07 Å². The number of halogens is 1. The summed E-state index contributed by atoms with van der Waals surface area (Å²) in [5, 5.41) is 11.3. The lowest BCUT2D eigenvalue weighted by molar-refractivity contribution is -0.384. The van der Waals surface area contributed by atoms with Crippen LogP contribution in [0.25, 0.3) is 0 Å². The van der Waals surface area contributed by atoms with Gasteiger partial charge in [-0.05, 0) is 37.6 Å². The zero-order chi connectivity index (χ0) is 23.3. The van der Waals surface area contributed by atoms with Crippen LogP contribution >= 0.6 is 0 Å². The molecule has 0 bridgehead atoms. The minimum Gasteiger partial charge on any atom is -0.371 e.